The van der Waals surface area contributed by atoms with Crippen LogP contribution in [0.3, 0.4) is 0 Å². The van der Waals surface area contributed by atoms with Crippen LogP contribution in [0.15, 0.2) is 64.6 Å². The summed E-state index contributed by atoms with van der Waals surface area (Å²) in [6.45, 7) is 1.70. The zero-order valence-electron chi connectivity index (χ0n) is 14.2. The fourth-order valence-electron chi connectivity index (χ4n) is 3.57. The van der Waals surface area contributed by atoms with Crippen molar-refractivity contribution in [1.29, 1.82) is 0 Å². The van der Waals surface area contributed by atoms with Crippen molar-refractivity contribution in [1.82, 2.24) is 9.88 Å². The van der Waals surface area contributed by atoms with Crippen LogP contribution in [0.4, 0.5) is 0 Å². The molecule has 0 aliphatic carbocycles. The standard InChI is InChI=1S/C20H18N2O4/c1-12(23)17-18(16-7-4-10-26-16)22(20(25)19(17)24)9-8-13-11-21-15-6-3-2-5-14(13)15/h2-7,10-11,18,21,24H,8-9H2,1H3/t18-/m0/s1. The van der Waals surface area contributed by atoms with Crippen LogP contribution in [-0.4, -0.2) is 33.2 Å². The van der Waals surface area contributed by atoms with Crippen LogP contribution in [0.5, 0.6) is 0 Å². The number of hydrogen-bond acceptors (Lipinski definition) is 4. The number of aromatic amines is 1. The number of fused-ring (bicyclic) bond motifs is 1. The van der Waals surface area contributed by atoms with Gasteiger partial charge in [-0.15, -0.1) is 0 Å². The molecule has 3 aromatic rings. The SMILES string of the molecule is CC(=O)C1=C(O)C(=O)N(CCc2c[nH]c3ccccc23)[C@H]1c1ccco1. The van der Waals surface area contributed by atoms with Crippen LogP contribution in [-0.2, 0) is 16.0 Å². The van der Waals surface area contributed by atoms with Gasteiger partial charge >= 0.3 is 0 Å². The van der Waals surface area contributed by atoms with Gasteiger partial charge in [-0.1, -0.05) is 18.2 Å². The fraction of sp³-hybridized carbons (Fsp3) is 0.200. The van der Waals surface area contributed by atoms with Crippen LogP contribution in [0.1, 0.15) is 24.3 Å². The van der Waals surface area contributed by atoms with Crippen molar-refractivity contribution >= 4 is 22.6 Å². The number of hydrogen-bond donors (Lipinski definition) is 2. The zero-order valence-corrected chi connectivity index (χ0v) is 14.2. The van der Waals surface area contributed by atoms with Gasteiger partial charge in [-0.2, -0.15) is 0 Å². The van der Waals surface area contributed by atoms with E-state index in [9.17, 15) is 14.7 Å². The second kappa shape index (κ2) is 6.22. The highest BCUT2D eigenvalue weighted by Crippen LogP contribution is 2.38. The Kier molecular flexibility index (Phi) is 3.88. The molecule has 6 heteroatoms. The number of aromatic nitrogens is 1. The molecule has 1 aliphatic rings. The number of aliphatic hydroxyl groups excluding tert-OH is 1. The molecule has 1 aromatic carbocycles. The van der Waals surface area contributed by atoms with Crippen molar-refractivity contribution in [3.05, 3.63) is 71.5 Å². The molecule has 1 atom stereocenters. The monoisotopic (exact) mass is 350 g/mol. The minimum Gasteiger partial charge on any atom is -0.503 e. The van der Waals surface area contributed by atoms with E-state index in [4.69, 9.17) is 4.42 Å². The number of amides is 1. The first kappa shape index (κ1) is 16.2. The van der Waals surface area contributed by atoms with E-state index in [1.54, 1.807) is 12.1 Å². The predicted molar refractivity (Wildman–Crippen MR) is 95.5 cm³/mol. The Morgan fingerprint density at radius 2 is 2.08 bits per heavy atom. The second-order valence-electron chi connectivity index (χ2n) is 6.34. The molecule has 3 heterocycles. The molecule has 132 valence electrons. The molecule has 2 aromatic heterocycles. The Morgan fingerprint density at radius 3 is 2.81 bits per heavy atom. The Hall–Kier alpha value is -3.28. The first-order valence-corrected chi connectivity index (χ1v) is 8.41. The highest BCUT2D eigenvalue weighted by Gasteiger charge is 2.43. The summed E-state index contributed by atoms with van der Waals surface area (Å²) in [5.41, 5.74) is 2.19. The number of para-hydroxylation sites is 1. The lowest BCUT2D eigenvalue weighted by Gasteiger charge is -2.24. The van der Waals surface area contributed by atoms with Gasteiger partial charge in [0.05, 0.1) is 11.8 Å². The molecule has 0 saturated heterocycles. The lowest BCUT2D eigenvalue weighted by atomic mass is 10.0. The number of rotatable bonds is 5. The van der Waals surface area contributed by atoms with Gasteiger partial charge in [0.1, 0.15) is 11.8 Å². The number of aliphatic hydroxyl groups is 1. The Morgan fingerprint density at radius 1 is 1.27 bits per heavy atom. The van der Waals surface area contributed by atoms with Crippen LogP contribution in [0.25, 0.3) is 10.9 Å². The van der Waals surface area contributed by atoms with Crippen molar-refractivity contribution in [3.8, 4) is 0 Å². The maximum absolute atomic E-state index is 12.6. The fourth-order valence-corrected chi connectivity index (χ4v) is 3.57. The van der Waals surface area contributed by atoms with E-state index >= 15 is 0 Å². The summed E-state index contributed by atoms with van der Waals surface area (Å²) in [6.07, 6.45) is 4.00. The van der Waals surface area contributed by atoms with Crippen LogP contribution < -0.4 is 0 Å². The summed E-state index contributed by atoms with van der Waals surface area (Å²) in [7, 11) is 0. The number of carbonyl (C=O) groups excluding carboxylic acids is 2. The van der Waals surface area contributed by atoms with Gasteiger partial charge in [-0.25, -0.2) is 0 Å². The van der Waals surface area contributed by atoms with Crippen LogP contribution in [0, 0.1) is 0 Å². The van der Waals surface area contributed by atoms with E-state index in [1.807, 2.05) is 30.5 Å². The van der Waals surface area contributed by atoms with Crippen LogP contribution >= 0.6 is 0 Å². The highest BCUT2D eigenvalue weighted by molar-refractivity contribution is 6.08. The smallest absolute Gasteiger partial charge is 0.290 e. The van der Waals surface area contributed by atoms with Gasteiger partial charge in [0, 0.05) is 23.6 Å². The number of nitrogens with one attached hydrogen (secondary N) is 1. The number of nitrogens with zero attached hydrogens (tertiary/aromatic N) is 1. The number of benzene rings is 1. The highest BCUT2D eigenvalue weighted by atomic mass is 16.3. The van der Waals surface area contributed by atoms with E-state index in [-0.39, 0.29) is 11.4 Å². The van der Waals surface area contributed by atoms with Gasteiger partial charge in [0.25, 0.3) is 5.91 Å². The summed E-state index contributed by atoms with van der Waals surface area (Å²) in [5, 5.41) is 11.3. The molecule has 0 bridgehead atoms. The third-order valence-electron chi connectivity index (χ3n) is 4.79. The molecule has 0 radical (unpaired) electrons. The Labute approximate surface area is 149 Å². The topological polar surface area (TPSA) is 86.5 Å². The van der Waals surface area contributed by atoms with E-state index < -0.39 is 17.7 Å². The summed E-state index contributed by atoms with van der Waals surface area (Å²) in [6, 6.07) is 10.7. The molecule has 1 aliphatic heterocycles. The summed E-state index contributed by atoms with van der Waals surface area (Å²) in [4.78, 5) is 29.3. The summed E-state index contributed by atoms with van der Waals surface area (Å²) >= 11 is 0. The molecule has 26 heavy (non-hydrogen) atoms. The molecule has 4 rings (SSSR count). The van der Waals surface area contributed by atoms with E-state index in [0.29, 0.717) is 18.7 Å². The predicted octanol–water partition coefficient (Wildman–Crippen LogP) is 3.29. The zero-order chi connectivity index (χ0) is 18.3. The molecule has 0 unspecified atom stereocenters. The number of Topliss-reactive ketones (excluding diaryl/α,β-unsaturated/α-hetero) is 1. The van der Waals surface area contributed by atoms with Crippen molar-refractivity contribution in [2.75, 3.05) is 6.54 Å². The van der Waals surface area contributed by atoms with Crippen molar-refractivity contribution in [2.45, 2.75) is 19.4 Å². The normalized spacial score (nSPS) is 17.5. The molecule has 0 saturated carbocycles. The third kappa shape index (κ3) is 2.50. The maximum Gasteiger partial charge on any atom is 0.290 e. The van der Waals surface area contributed by atoms with Gasteiger partial charge in [-0.05, 0) is 37.1 Å². The van der Waals surface area contributed by atoms with E-state index in [1.165, 1.54) is 18.1 Å². The molecule has 0 spiro atoms. The van der Waals surface area contributed by atoms with Gasteiger partial charge in [0.15, 0.2) is 11.5 Å². The molecular weight excluding hydrogens is 332 g/mol. The number of H-pyrrole nitrogens is 1. The molecular formula is C20H18N2O4. The molecule has 1 amide bonds. The van der Waals surface area contributed by atoms with E-state index in [2.05, 4.69) is 4.98 Å². The lowest BCUT2D eigenvalue weighted by molar-refractivity contribution is -0.129. The quantitative estimate of drug-likeness (QED) is 0.739. The number of ketones is 1. The molecule has 6 nitrogen and oxygen atoms in total. The summed E-state index contributed by atoms with van der Waals surface area (Å²) in [5.74, 6) is -0.910. The van der Waals surface area contributed by atoms with Crippen molar-refractivity contribution < 1.29 is 19.1 Å². The number of carbonyl (C=O) groups is 2. The second-order valence-corrected chi connectivity index (χ2v) is 6.34. The Balaban J connectivity index is 1.64. The van der Waals surface area contributed by atoms with E-state index in [0.717, 1.165) is 16.5 Å². The minimum absolute atomic E-state index is 0.0869. The van der Waals surface area contributed by atoms with Crippen molar-refractivity contribution in [2.24, 2.45) is 0 Å². The van der Waals surface area contributed by atoms with Gasteiger partial charge in [0.2, 0.25) is 0 Å². The number of furan rings is 1. The van der Waals surface area contributed by atoms with Crippen LogP contribution in [0.2, 0.25) is 0 Å². The minimum atomic E-state index is -0.694. The average molecular weight is 350 g/mol. The summed E-state index contributed by atoms with van der Waals surface area (Å²) < 4.78 is 5.43. The third-order valence-corrected chi connectivity index (χ3v) is 4.79. The first-order valence-electron chi connectivity index (χ1n) is 8.41. The van der Waals surface area contributed by atoms with Crippen molar-refractivity contribution in [3.63, 3.8) is 0 Å². The molecule has 2 N–H and O–H groups in total. The lowest BCUT2D eigenvalue weighted by Crippen LogP contribution is -2.32. The average Bonchev–Trinajstić information content (AvgIpc) is 3.33. The Bertz CT molecular complexity index is 1010. The first-order chi connectivity index (χ1) is 12.6. The maximum atomic E-state index is 12.6. The molecule has 0 fully saturated rings. The largest absolute Gasteiger partial charge is 0.503 e. The van der Waals surface area contributed by atoms with Gasteiger partial charge < -0.3 is 19.4 Å². The van der Waals surface area contributed by atoms with Gasteiger partial charge in [-0.3, -0.25) is 9.59 Å².